The van der Waals surface area contributed by atoms with E-state index < -0.39 is 0 Å². The highest BCUT2D eigenvalue weighted by molar-refractivity contribution is 4.93. The molecule has 1 fully saturated rings. The molecule has 0 amide bonds. The lowest BCUT2D eigenvalue weighted by molar-refractivity contribution is 0.0208. The van der Waals surface area contributed by atoms with Crippen molar-refractivity contribution in [2.24, 2.45) is 0 Å². The standard InChI is InChI=1S/C11H19N3O2/c1-2-3-4-5-10-13-11(14-16-10)9-8-12-6-7-15-9/h9,12H,2-8H2,1H3. The maximum atomic E-state index is 5.56. The predicted molar refractivity (Wildman–Crippen MR) is 59.1 cm³/mol. The highest BCUT2D eigenvalue weighted by Gasteiger charge is 2.21. The molecule has 1 N–H and O–H groups in total. The van der Waals surface area contributed by atoms with Crippen molar-refractivity contribution in [2.45, 2.75) is 38.7 Å². The van der Waals surface area contributed by atoms with Crippen molar-refractivity contribution in [3.63, 3.8) is 0 Å². The molecule has 0 aromatic carbocycles. The molecule has 0 radical (unpaired) electrons. The molecular formula is C11H19N3O2. The van der Waals surface area contributed by atoms with Crippen LogP contribution in [0.4, 0.5) is 0 Å². The molecule has 5 nitrogen and oxygen atoms in total. The van der Waals surface area contributed by atoms with Crippen molar-refractivity contribution < 1.29 is 9.26 Å². The second-order valence-electron chi connectivity index (χ2n) is 4.07. The van der Waals surface area contributed by atoms with Crippen LogP contribution in [0.15, 0.2) is 4.52 Å². The molecule has 2 rings (SSSR count). The first kappa shape index (κ1) is 11.5. The number of unbranched alkanes of at least 4 members (excludes halogenated alkanes) is 2. The second kappa shape index (κ2) is 5.96. The van der Waals surface area contributed by atoms with E-state index in [0.29, 0.717) is 12.4 Å². The zero-order valence-corrected chi connectivity index (χ0v) is 9.74. The van der Waals surface area contributed by atoms with Crippen LogP contribution in [0.2, 0.25) is 0 Å². The predicted octanol–water partition coefficient (Wildman–Crippen LogP) is 1.46. The zero-order chi connectivity index (χ0) is 11.2. The smallest absolute Gasteiger partial charge is 0.226 e. The number of aryl methyl sites for hydroxylation is 1. The molecule has 1 aromatic heterocycles. The summed E-state index contributed by atoms with van der Waals surface area (Å²) in [5.41, 5.74) is 0. The van der Waals surface area contributed by atoms with Gasteiger partial charge in [0, 0.05) is 19.5 Å². The molecule has 1 aliphatic heterocycles. The summed E-state index contributed by atoms with van der Waals surface area (Å²) in [6.07, 6.45) is 4.36. The fourth-order valence-electron chi connectivity index (χ4n) is 1.76. The van der Waals surface area contributed by atoms with Crippen LogP contribution in [0.3, 0.4) is 0 Å². The Labute approximate surface area is 95.6 Å². The van der Waals surface area contributed by atoms with Crippen LogP contribution in [0.1, 0.15) is 44.0 Å². The lowest BCUT2D eigenvalue weighted by Crippen LogP contribution is -2.33. The number of rotatable bonds is 5. The topological polar surface area (TPSA) is 60.2 Å². The lowest BCUT2D eigenvalue weighted by Gasteiger charge is -2.20. The molecule has 1 unspecified atom stereocenters. The van der Waals surface area contributed by atoms with E-state index in [2.05, 4.69) is 22.4 Å². The minimum absolute atomic E-state index is 0.0441. The third-order valence-corrected chi connectivity index (χ3v) is 2.69. The van der Waals surface area contributed by atoms with Crippen molar-refractivity contribution >= 4 is 0 Å². The van der Waals surface area contributed by atoms with Gasteiger partial charge in [0.05, 0.1) is 6.61 Å². The van der Waals surface area contributed by atoms with Crippen LogP contribution in [-0.2, 0) is 11.2 Å². The Balaban J connectivity index is 1.85. The SMILES string of the molecule is CCCCCc1nc(C2CNCCO2)no1. The summed E-state index contributed by atoms with van der Waals surface area (Å²) >= 11 is 0. The molecule has 0 aliphatic carbocycles. The van der Waals surface area contributed by atoms with E-state index in [9.17, 15) is 0 Å². The Hall–Kier alpha value is -0.940. The Morgan fingerprint density at radius 1 is 1.44 bits per heavy atom. The van der Waals surface area contributed by atoms with Crippen molar-refractivity contribution in [1.82, 2.24) is 15.5 Å². The second-order valence-corrected chi connectivity index (χ2v) is 4.07. The molecule has 2 heterocycles. The van der Waals surface area contributed by atoms with E-state index in [4.69, 9.17) is 9.26 Å². The van der Waals surface area contributed by atoms with Gasteiger partial charge < -0.3 is 14.6 Å². The Morgan fingerprint density at radius 3 is 3.12 bits per heavy atom. The fourth-order valence-corrected chi connectivity index (χ4v) is 1.76. The minimum Gasteiger partial charge on any atom is -0.367 e. The van der Waals surface area contributed by atoms with Crippen molar-refractivity contribution in [3.05, 3.63) is 11.7 Å². The average molecular weight is 225 g/mol. The van der Waals surface area contributed by atoms with E-state index in [0.717, 1.165) is 31.8 Å². The minimum atomic E-state index is -0.0441. The molecule has 1 saturated heterocycles. The third-order valence-electron chi connectivity index (χ3n) is 2.69. The number of hydrogen-bond donors (Lipinski definition) is 1. The molecule has 0 spiro atoms. The highest BCUT2D eigenvalue weighted by Crippen LogP contribution is 2.16. The van der Waals surface area contributed by atoms with Crippen LogP contribution in [-0.4, -0.2) is 29.8 Å². The van der Waals surface area contributed by atoms with Gasteiger partial charge in [0.1, 0.15) is 6.10 Å². The van der Waals surface area contributed by atoms with Crippen LogP contribution in [0.25, 0.3) is 0 Å². The maximum Gasteiger partial charge on any atom is 0.226 e. The fraction of sp³-hybridized carbons (Fsp3) is 0.818. The summed E-state index contributed by atoms with van der Waals surface area (Å²) in [6, 6.07) is 0. The molecule has 90 valence electrons. The maximum absolute atomic E-state index is 5.56. The molecule has 0 bridgehead atoms. The summed E-state index contributed by atoms with van der Waals surface area (Å²) in [6.45, 7) is 4.57. The quantitative estimate of drug-likeness (QED) is 0.769. The van der Waals surface area contributed by atoms with Gasteiger partial charge in [-0.05, 0) is 6.42 Å². The zero-order valence-electron chi connectivity index (χ0n) is 9.74. The number of hydrogen-bond acceptors (Lipinski definition) is 5. The van der Waals surface area contributed by atoms with Gasteiger partial charge in [0.25, 0.3) is 0 Å². The van der Waals surface area contributed by atoms with Crippen LogP contribution >= 0.6 is 0 Å². The van der Waals surface area contributed by atoms with Crippen LogP contribution < -0.4 is 5.32 Å². The molecular weight excluding hydrogens is 206 g/mol. The molecule has 0 saturated carbocycles. The van der Waals surface area contributed by atoms with Gasteiger partial charge in [-0.1, -0.05) is 24.9 Å². The lowest BCUT2D eigenvalue weighted by atomic mass is 10.2. The van der Waals surface area contributed by atoms with Gasteiger partial charge in [0.15, 0.2) is 0 Å². The van der Waals surface area contributed by atoms with Gasteiger partial charge >= 0.3 is 0 Å². The van der Waals surface area contributed by atoms with Crippen LogP contribution in [0.5, 0.6) is 0 Å². The summed E-state index contributed by atoms with van der Waals surface area (Å²) in [7, 11) is 0. The first-order valence-corrected chi connectivity index (χ1v) is 6.05. The first-order valence-electron chi connectivity index (χ1n) is 6.05. The average Bonchev–Trinajstić information content (AvgIpc) is 2.79. The van der Waals surface area contributed by atoms with E-state index >= 15 is 0 Å². The monoisotopic (exact) mass is 225 g/mol. The highest BCUT2D eigenvalue weighted by atomic mass is 16.5. The molecule has 1 atom stereocenters. The van der Waals surface area contributed by atoms with Crippen molar-refractivity contribution in [1.29, 1.82) is 0 Å². The van der Waals surface area contributed by atoms with Gasteiger partial charge in [-0.3, -0.25) is 0 Å². The Bertz CT molecular complexity index is 308. The Morgan fingerprint density at radius 2 is 2.38 bits per heavy atom. The summed E-state index contributed by atoms with van der Waals surface area (Å²) in [5.74, 6) is 1.41. The van der Waals surface area contributed by atoms with E-state index in [1.807, 2.05) is 0 Å². The van der Waals surface area contributed by atoms with Gasteiger partial charge in [0.2, 0.25) is 11.7 Å². The van der Waals surface area contributed by atoms with E-state index in [-0.39, 0.29) is 6.10 Å². The third kappa shape index (κ3) is 3.02. The molecule has 16 heavy (non-hydrogen) atoms. The molecule has 1 aliphatic rings. The number of aromatic nitrogens is 2. The molecule has 1 aromatic rings. The number of ether oxygens (including phenoxy) is 1. The number of nitrogens with zero attached hydrogens (tertiary/aromatic N) is 2. The van der Waals surface area contributed by atoms with Gasteiger partial charge in [-0.25, -0.2) is 0 Å². The first-order chi connectivity index (χ1) is 7.90. The summed E-state index contributed by atoms with van der Waals surface area (Å²) < 4.78 is 10.8. The van der Waals surface area contributed by atoms with Gasteiger partial charge in [-0.2, -0.15) is 4.98 Å². The van der Waals surface area contributed by atoms with Crippen LogP contribution in [0, 0.1) is 0 Å². The van der Waals surface area contributed by atoms with Gasteiger partial charge in [-0.15, -0.1) is 0 Å². The van der Waals surface area contributed by atoms with E-state index in [1.54, 1.807) is 0 Å². The van der Waals surface area contributed by atoms with E-state index in [1.165, 1.54) is 12.8 Å². The number of morpholine rings is 1. The summed E-state index contributed by atoms with van der Waals surface area (Å²) in [5, 5.41) is 7.22. The number of nitrogens with one attached hydrogen (secondary N) is 1. The van der Waals surface area contributed by atoms with Crippen molar-refractivity contribution in [3.8, 4) is 0 Å². The Kier molecular flexibility index (Phi) is 4.30. The molecule has 5 heteroatoms. The van der Waals surface area contributed by atoms with Crippen molar-refractivity contribution in [2.75, 3.05) is 19.7 Å². The largest absolute Gasteiger partial charge is 0.367 e. The summed E-state index contributed by atoms with van der Waals surface area (Å²) in [4.78, 5) is 4.36. The normalized spacial score (nSPS) is 21.2.